The monoisotopic (exact) mass is 369 g/mol. The van der Waals surface area contributed by atoms with E-state index in [0.29, 0.717) is 12.3 Å². The summed E-state index contributed by atoms with van der Waals surface area (Å²) in [4.78, 5) is 0.277. The van der Waals surface area contributed by atoms with Gasteiger partial charge in [-0.15, -0.1) is 0 Å². The van der Waals surface area contributed by atoms with E-state index in [1.54, 1.807) is 24.3 Å². The van der Waals surface area contributed by atoms with E-state index in [0.717, 1.165) is 15.8 Å². The third-order valence-corrected chi connectivity index (χ3v) is 4.50. The maximum Gasteiger partial charge on any atom is 0.175 e. The van der Waals surface area contributed by atoms with Gasteiger partial charge in [-0.3, -0.25) is 0 Å². The Bertz CT molecular complexity index is 727. The molecular formula is C15H16BrNO3S. The normalized spacial score (nSPS) is 11.4. The van der Waals surface area contributed by atoms with Crippen LogP contribution >= 0.6 is 15.9 Å². The fourth-order valence-corrected chi connectivity index (χ4v) is 2.81. The zero-order valence-electron chi connectivity index (χ0n) is 11.8. The quantitative estimate of drug-likeness (QED) is 0.877. The molecule has 0 amide bonds. The average Bonchev–Trinajstić information content (AvgIpc) is 2.42. The molecule has 21 heavy (non-hydrogen) atoms. The zero-order chi connectivity index (χ0) is 15.5. The summed E-state index contributed by atoms with van der Waals surface area (Å²) in [6.45, 7) is 0.685. The van der Waals surface area contributed by atoms with E-state index in [1.807, 2.05) is 25.2 Å². The second-order valence-electron chi connectivity index (χ2n) is 4.63. The van der Waals surface area contributed by atoms with Crippen molar-refractivity contribution < 1.29 is 13.2 Å². The van der Waals surface area contributed by atoms with Gasteiger partial charge in [0.25, 0.3) is 0 Å². The number of rotatable bonds is 5. The standard InChI is InChI=1S/C15H16BrNO3S/c1-17-10-11-3-4-12(16)9-15(11)20-13-5-7-14(8-6-13)21(2,18)19/h3-9,17H,10H2,1-2H3. The van der Waals surface area contributed by atoms with Gasteiger partial charge in [-0.05, 0) is 43.4 Å². The second-order valence-corrected chi connectivity index (χ2v) is 7.56. The van der Waals surface area contributed by atoms with Crippen LogP contribution < -0.4 is 10.1 Å². The van der Waals surface area contributed by atoms with Gasteiger partial charge in [0.1, 0.15) is 11.5 Å². The number of halogens is 1. The lowest BCUT2D eigenvalue weighted by Crippen LogP contribution is -2.06. The second kappa shape index (κ2) is 6.60. The lowest BCUT2D eigenvalue weighted by molar-refractivity contribution is 0.473. The molecule has 0 aliphatic heterocycles. The van der Waals surface area contributed by atoms with Crippen LogP contribution in [0, 0.1) is 0 Å². The van der Waals surface area contributed by atoms with Crippen LogP contribution in [0.3, 0.4) is 0 Å². The molecule has 0 fully saturated rings. The summed E-state index contributed by atoms with van der Waals surface area (Å²) in [5, 5.41) is 3.08. The smallest absolute Gasteiger partial charge is 0.175 e. The van der Waals surface area contributed by atoms with Crippen LogP contribution in [0.4, 0.5) is 0 Å². The van der Waals surface area contributed by atoms with Crippen molar-refractivity contribution in [2.24, 2.45) is 0 Å². The molecule has 0 saturated carbocycles. The zero-order valence-corrected chi connectivity index (χ0v) is 14.2. The van der Waals surface area contributed by atoms with E-state index < -0.39 is 9.84 Å². The van der Waals surface area contributed by atoms with Gasteiger partial charge in [-0.2, -0.15) is 0 Å². The van der Waals surface area contributed by atoms with E-state index in [4.69, 9.17) is 4.74 Å². The Morgan fingerprint density at radius 1 is 1.14 bits per heavy atom. The Labute approximate surface area is 133 Å². The molecular weight excluding hydrogens is 354 g/mol. The van der Waals surface area contributed by atoms with E-state index in [-0.39, 0.29) is 4.90 Å². The number of hydrogen-bond acceptors (Lipinski definition) is 4. The highest BCUT2D eigenvalue weighted by molar-refractivity contribution is 9.10. The van der Waals surface area contributed by atoms with Crippen LogP contribution in [0.25, 0.3) is 0 Å². The molecule has 0 saturated heterocycles. The molecule has 0 radical (unpaired) electrons. The van der Waals surface area contributed by atoms with Crippen LogP contribution in [0.1, 0.15) is 5.56 Å². The summed E-state index contributed by atoms with van der Waals surface area (Å²) in [6, 6.07) is 12.2. The fraction of sp³-hybridized carbons (Fsp3) is 0.200. The predicted molar refractivity (Wildman–Crippen MR) is 86.5 cm³/mol. The molecule has 0 spiro atoms. The molecule has 0 aromatic heterocycles. The molecule has 2 aromatic rings. The molecule has 0 bridgehead atoms. The van der Waals surface area contributed by atoms with Gasteiger partial charge in [0.05, 0.1) is 4.90 Å². The molecule has 6 heteroatoms. The third kappa shape index (κ3) is 4.30. The first-order valence-corrected chi connectivity index (χ1v) is 8.99. The predicted octanol–water partition coefficient (Wildman–Crippen LogP) is 3.36. The lowest BCUT2D eigenvalue weighted by atomic mass is 10.2. The number of benzene rings is 2. The van der Waals surface area contributed by atoms with Gasteiger partial charge in [-0.25, -0.2) is 8.42 Å². The highest BCUT2D eigenvalue weighted by atomic mass is 79.9. The number of hydrogen-bond donors (Lipinski definition) is 1. The van der Waals surface area contributed by atoms with Gasteiger partial charge in [0.15, 0.2) is 9.84 Å². The molecule has 112 valence electrons. The molecule has 0 aliphatic carbocycles. The Morgan fingerprint density at radius 2 is 1.81 bits per heavy atom. The molecule has 4 nitrogen and oxygen atoms in total. The third-order valence-electron chi connectivity index (χ3n) is 2.88. The number of sulfone groups is 1. The first-order valence-electron chi connectivity index (χ1n) is 6.31. The minimum absolute atomic E-state index is 0.277. The maximum absolute atomic E-state index is 11.4. The van der Waals surface area contributed by atoms with Crippen molar-refractivity contribution >= 4 is 25.8 Å². The Balaban J connectivity index is 2.27. The summed E-state index contributed by atoms with van der Waals surface area (Å²) >= 11 is 3.42. The van der Waals surface area contributed by atoms with Crippen molar-refractivity contribution in [3.8, 4) is 11.5 Å². The van der Waals surface area contributed by atoms with Crippen molar-refractivity contribution in [3.05, 3.63) is 52.5 Å². The summed E-state index contributed by atoms with van der Waals surface area (Å²) in [7, 11) is -1.32. The summed E-state index contributed by atoms with van der Waals surface area (Å²) in [5.41, 5.74) is 1.02. The van der Waals surface area contributed by atoms with Crippen LogP contribution in [0.15, 0.2) is 51.8 Å². The van der Waals surface area contributed by atoms with Crippen molar-refractivity contribution in [1.82, 2.24) is 5.32 Å². The fourth-order valence-electron chi connectivity index (χ4n) is 1.84. The Morgan fingerprint density at radius 3 is 2.38 bits per heavy atom. The SMILES string of the molecule is CNCc1ccc(Br)cc1Oc1ccc(S(C)(=O)=O)cc1. The minimum Gasteiger partial charge on any atom is -0.457 e. The van der Waals surface area contributed by atoms with E-state index in [9.17, 15) is 8.42 Å². The van der Waals surface area contributed by atoms with Crippen molar-refractivity contribution in [2.45, 2.75) is 11.4 Å². The lowest BCUT2D eigenvalue weighted by Gasteiger charge is -2.12. The van der Waals surface area contributed by atoms with E-state index in [2.05, 4.69) is 21.2 Å². The van der Waals surface area contributed by atoms with Gasteiger partial charge >= 0.3 is 0 Å². The molecule has 2 aromatic carbocycles. The molecule has 0 unspecified atom stereocenters. The molecule has 1 N–H and O–H groups in total. The average molecular weight is 370 g/mol. The minimum atomic E-state index is -3.19. The van der Waals surface area contributed by atoms with Crippen LogP contribution in [-0.2, 0) is 16.4 Å². The molecule has 2 rings (SSSR count). The van der Waals surface area contributed by atoms with E-state index >= 15 is 0 Å². The molecule has 0 aliphatic rings. The first-order chi connectivity index (χ1) is 9.90. The van der Waals surface area contributed by atoms with Gasteiger partial charge in [0, 0.05) is 22.8 Å². The van der Waals surface area contributed by atoms with E-state index in [1.165, 1.54) is 6.26 Å². The van der Waals surface area contributed by atoms with Crippen molar-refractivity contribution in [2.75, 3.05) is 13.3 Å². The molecule has 0 atom stereocenters. The number of nitrogens with one attached hydrogen (secondary N) is 1. The Hall–Kier alpha value is -1.37. The maximum atomic E-state index is 11.4. The van der Waals surface area contributed by atoms with Crippen molar-refractivity contribution in [1.29, 1.82) is 0 Å². The summed E-state index contributed by atoms with van der Waals surface area (Å²) < 4.78 is 29.6. The molecule has 0 heterocycles. The summed E-state index contributed by atoms with van der Waals surface area (Å²) in [5.74, 6) is 1.32. The van der Waals surface area contributed by atoms with Crippen LogP contribution in [-0.4, -0.2) is 21.7 Å². The van der Waals surface area contributed by atoms with Crippen molar-refractivity contribution in [3.63, 3.8) is 0 Å². The highest BCUT2D eigenvalue weighted by Crippen LogP contribution is 2.29. The largest absolute Gasteiger partial charge is 0.457 e. The van der Waals surface area contributed by atoms with Gasteiger partial charge < -0.3 is 10.1 Å². The topological polar surface area (TPSA) is 55.4 Å². The summed E-state index contributed by atoms with van der Waals surface area (Å²) in [6.07, 6.45) is 1.18. The van der Waals surface area contributed by atoms with Crippen LogP contribution in [0.2, 0.25) is 0 Å². The van der Waals surface area contributed by atoms with Crippen LogP contribution in [0.5, 0.6) is 11.5 Å². The number of ether oxygens (including phenoxy) is 1. The van der Waals surface area contributed by atoms with Gasteiger partial charge in [-0.1, -0.05) is 22.0 Å². The van der Waals surface area contributed by atoms with Gasteiger partial charge in [0.2, 0.25) is 0 Å². The highest BCUT2D eigenvalue weighted by Gasteiger charge is 2.09. The Kier molecular flexibility index (Phi) is 5.03. The first kappa shape index (κ1) is 16.0.